The molecule has 17 heavy (non-hydrogen) atoms. The van der Waals surface area contributed by atoms with Crippen molar-refractivity contribution in [3.05, 3.63) is 17.5 Å². The van der Waals surface area contributed by atoms with Gasteiger partial charge in [0.2, 0.25) is 0 Å². The smallest absolute Gasteiger partial charge is 0.272 e. The summed E-state index contributed by atoms with van der Waals surface area (Å²) in [5.41, 5.74) is 7.14. The molecule has 0 bridgehead atoms. The standard InChI is InChI=1S/C12H20N4O/c1-3-16-11(8-9(2)14-16)12(17)15(7-6-13)10-4-5-10/h8,10H,3-7,13H2,1-2H3. The zero-order valence-corrected chi connectivity index (χ0v) is 10.5. The maximum Gasteiger partial charge on any atom is 0.272 e. The zero-order chi connectivity index (χ0) is 12.4. The number of aromatic nitrogens is 2. The van der Waals surface area contributed by atoms with E-state index in [4.69, 9.17) is 5.73 Å². The molecule has 1 saturated carbocycles. The van der Waals surface area contributed by atoms with Crippen LogP contribution < -0.4 is 5.73 Å². The molecule has 0 radical (unpaired) electrons. The maximum absolute atomic E-state index is 12.4. The summed E-state index contributed by atoms with van der Waals surface area (Å²) >= 11 is 0. The fraction of sp³-hybridized carbons (Fsp3) is 0.667. The minimum absolute atomic E-state index is 0.0698. The molecule has 0 atom stereocenters. The average molecular weight is 236 g/mol. The summed E-state index contributed by atoms with van der Waals surface area (Å²) in [7, 11) is 0. The van der Waals surface area contributed by atoms with Gasteiger partial charge in [-0.3, -0.25) is 9.48 Å². The van der Waals surface area contributed by atoms with Crippen molar-refractivity contribution in [1.82, 2.24) is 14.7 Å². The molecule has 1 aromatic rings. The number of nitrogens with two attached hydrogens (primary N) is 1. The van der Waals surface area contributed by atoms with Crippen molar-refractivity contribution in [3.8, 4) is 0 Å². The first-order valence-corrected chi connectivity index (χ1v) is 6.22. The third kappa shape index (κ3) is 2.49. The lowest BCUT2D eigenvalue weighted by molar-refractivity contribution is 0.0735. The predicted octanol–water partition coefficient (Wildman–Crippen LogP) is 0.775. The predicted molar refractivity (Wildman–Crippen MR) is 65.8 cm³/mol. The van der Waals surface area contributed by atoms with Gasteiger partial charge in [-0.25, -0.2) is 0 Å². The van der Waals surface area contributed by atoms with E-state index < -0.39 is 0 Å². The lowest BCUT2D eigenvalue weighted by Crippen LogP contribution is -2.38. The number of aryl methyl sites for hydroxylation is 2. The SMILES string of the molecule is CCn1nc(C)cc1C(=O)N(CCN)C1CC1. The Hall–Kier alpha value is -1.36. The average Bonchev–Trinajstić information content (AvgIpc) is 3.08. The summed E-state index contributed by atoms with van der Waals surface area (Å²) in [6.45, 7) is 5.77. The van der Waals surface area contributed by atoms with E-state index in [1.807, 2.05) is 24.8 Å². The lowest BCUT2D eigenvalue weighted by Gasteiger charge is -2.21. The molecule has 0 spiro atoms. The van der Waals surface area contributed by atoms with Crippen molar-refractivity contribution in [2.24, 2.45) is 5.73 Å². The molecule has 0 aliphatic heterocycles. The van der Waals surface area contributed by atoms with Crippen molar-refractivity contribution in [1.29, 1.82) is 0 Å². The quantitative estimate of drug-likeness (QED) is 0.821. The monoisotopic (exact) mass is 236 g/mol. The summed E-state index contributed by atoms with van der Waals surface area (Å²) < 4.78 is 1.77. The molecular weight excluding hydrogens is 216 g/mol. The van der Waals surface area contributed by atoms with E-state index in [0.29, 0.717) is 24.8 Å². The summed E-state index contributed by atoms with van der Waals surface area (Å²) in [6.07, 6.45) is 2.20. The first-order valence-electron chi connectivity index (χ1n) is 6.22. The third-order valence-corrected chi connectivity index (χ3v) is 3.04. The van der Waals surface area contributed by atoms with Gasteiger partial charge in [-0.1, -0.05) is 0 Å². The van der Waals surface area contributed by atoms with Crippen LogP contribution in [0.15, 0.2) is 6.07 Å². The number of carbonyl (C=O) groups is 1. The summed E-state index contributed by atoms with van der Waals surface area (Å²) in [5, 5.41) is 4.31. The van der Waals surface area contributed by atoms with Gasteiger partial charge in [-0.2, -0.15) is 5.10 Å². The topological polar surface area (TPSA) is 64.2 Å². The van der Waals surface area contributed by atoms with Crippen LogP contribution in [0.4, 0.5) is 0 Å². The molecule has 1 aliphatic rings. The van der Waals surface area contributed by atoms with Gasteiger partial charge in [0.1, 0.15) is 5.69 Å². The number of hydrogen-bond acceptors (Lipinski definition) is 3. The zero-order valence-electron chi connectivity index (χ0n) is 10.5. The molecule has 2 N–H and O–H groups in total. The molecular formula is C12H20N4O. The van der Waals surface area contributed by atoms with E-state index in [-0.39, 0.29) is 5.91 Å². The van der Waals surface area contributed by atoms with Gasteiger partial charge < -0.3 is 10.6 Å². The molecule has 0 unspecified atom stereocenters. The van der Waals surface area contributed by atoms with Crippen LogP contribution in [0.2, 0.25) is 0 Å². The van der Waals surface area contributed by atoms with Crippen LogP contribution in [0.1, 0.15) is 35.9 Å². The van der Waals surface area contributed by atoms with E-state index in [1.54, 1.807) is 4.68 Å². The molecule has 1 aliphatic carbocycles. The molecule has 0 saturated heterocycles. The van der Waals surface area contributed by atoms with Crippen LogP contribution >= 0.6 is 0 Å². The molecule has 2 rings (SSSR count). The van der Waals surface area contributed by atoms with Crippen LogP contribution in [0.3, 0.4) is 0 Å². The van der Waals surface area contributed by atoms with Crippen LogP contribution in [0.25, 0.3) is 0 Å². The molecule has 1 heterocycles. The van der Waals surface area contributed by atoms with E-state index in [1.165, 1.54) is 0 Å². The highest BCUT2D eigenvalue weighted by Gasteiger charge is 2.33. The highest BCUT2D eigenvalue weighted by molar-refractivity contribution is 5.93. The van der Waals surface area contributed by atoms with E-state index in [2.05, 4.69) is 5.10 Å². The van der Waals surface area contributed by atoms with Crippen LogP contribution in [0, 0.1) is 6.92 Å². The Morgan fingerprint density at radius 1 is 1.65 bits per heavy atom. The summed E-state index contributed by atoms with van der Waals surface area (Å²) in [6, 6.07) is 2.25. The highest BCUT2D eigenvalue weighted by Crippen LogP contribution is 2.28. The van der Waals surface area contributed by atoms with Crippen molar-refractivity contribution >= 4 is 5.91 Å². The van der Waals surface area contributed by atoms with Gasteiger partial charge in [0.05, 0.1) is 5.69 Å². The van der Waals surface area contributed by atoms with Crippen LogP contribution in [-0.2, 0) is 6.54 Å². The van der Waals surface area contributed by atoms with Gasteiger partial charge in [0.25, 0.3) is 5.91 Å². The Labute approximate surface area is 102 Å². The Kier molecular flexibility index (Phi) is 3.47. The van der Waals surface area contributed by atoms with Crippen molar-refractivity contribution in [2.75, 3.05) is 13.1 Å². The maximum atomic E-state index is 12.4. The third-order valence-electron chi connectivity index (χ3n) is 3.04. The minimum Gasteiger partial charge on any atom is -0.333 e. The van der Waals surface area contributed by atoms with E-state index in [0.717, 1.165) is 25.1 Å². The minimum atomic E-state index is 0.0698. The second kappa shape index (κ2) is 4.87. The molecule has 94 valence electrons. The van der Waals surface area contributed by atoms with Gasteiger partial charge in [0.15, 0.2) is 0 Å². The summed E-state index contributed by atoms with van der Waals surface area (Å²) in [4.78, 5) is 14.3. The summed E-state index contributed by atoms with van der Waals surface area (Å²) in [5.74, 6) is 0.0698. The van der Waals surface area contributed by atoms with Crippen molar-refractivity contribution < 1.29 is 4.79 Å². The Morgan fingerprint density at radius 2 is 2.35 bits per heavy atom. The number of carbonyl (C=O) groups excluding carboxylic acids is 1. The molecule has 5 nitrogen and oxygen atoms in total. The van der Waals surface area contributed by atoms with Crippen molar-refractivity contribution in [3.63, 3.8) is 0 Å². The molecule has 1 amide bonds. The number of nitrogens with zero attached hydrogens (tertiary/aromatic N) is 3. The van der Waals surface area contributed by atoms with Crippen LogP contribution in [-0.4, -0.2) is 39.7 Å². The first kappa shape index (κ1) is 12.1. The largest absolute Gasteiger partial charge is 0.333 e. The van der Waals surface area contributed by atoms with E-state index >= 15 is 0 Å². The number of amides is 1. The fourth-order valence-corrected chi connectivity index (χ4v) is 2.08. The Balaban J connectivity index is 2.21. The normalized spacial score (nSPS) is 15.0. The Morgan fingerprint density at radius 3 is 2.88 bits per heavy atom. The Bertz CT molecular complexity index is 409. The number of hydrogen-bond donors (Lipinski definition) is 1. The second-order valence-corrected chi connectivity index (χ2v) is 4.51. The van der Waals surface area contributed by atoms with Crippen molar-refractivity contribution in [2.45, 2.75) is 39.3 Å². The first-order chi connectivity index (χ1) is 8.17. The second-order valence-electron chi connectivity index (χ2n) is 4.51. The van der Waals surface area contributed by atoms with Gasteiger partial charge >= 0.3 is 0 Å². The fourth-order valence-electron chi connectivity index (χ4n) is 2.08. The molecule has 0 aromatic carbocycles. The van der Waals surface area contributed by atoms with E-state index in [9.17, 15) is 4.79 Å². The molecule has 5 heteroatoms. The highest BCUT2D eigenvalue weighted by atomic mass is 16.2. The number of rotatable bonds is 5. The van der Waals surface area contributed by atoms with Gasteiger partial charge in [-0.05, 0) is 32.8 Å². The lowest BCUT2D eigenvalue weighted by atomic mass is 10.3. The molecule has 1 aromatic heterocycles. The van der Waals surface area contributed by atoms with Gasteiger partial charge in [0, 0.05) is 25.7 Å². The molecule has 1 fully saturated rings. The van der Waals surface area contributed by atoms with Gasteiger partial charge in [-0.15, -0.1) is 0 Å². The van der Waals surface area contributed by atoms with Crippen LogP contribution in [0.5, 0.6) is 0 Å².